The van der Waals surface area contributed by atoms with Crippen LogP contribution in [0, 0.1) is 0 Å². The summed E-state index contributed by atoms with van der Waals surface area (Å²) in [7, 11) is 1.75. The molecule has 1 fully saturated rings. The quantitative estimate of drug-likeness (QED) is 0.479. The lowest BCUT2D eigenvalue weighted by atomic mass is 10.1. The first-order valence-corrected chi connectivity index (χ1v) is 11.6. The maximum Gasteiger partial charge on any atom is 0.265 e. The minimum absolute atomic E-state index is 0.0377. The van der Waals surface area contributed by atoms with Gasteiger partial charge in [-0.2, -0.15) is 0 Å². The van der Waals surface area contributed by atoms with Crippen molar-refractivity contribution in [2.45, 2.75) is 25.6 Å². The van der Waals surface area contributed by atoms with Crippen molar-refractivity contribution in [2.75, 3.05) is 13.2 Å². The second kappa shape index (κ2) is 8.76. The van der Waals surface area contributed by atoms with Gasteiger partial charge in [0.05, 0.1) is 16.3 Å². The number of ether oxygens (including phenoxy) is 2. The Morgan fingerprint density at radius 3 is 2.75 bits per heavy atom. The monoisotopic (exact) mass is 448 g/mol. The van der Waals surface area contributed by atoms with Crippen molar-refractivity contribution in [3.8, 4) is 5.75 Å². The minimum Gasteiger partial charge on any atom is -0.486 e. The SMILES string of the molecule is Cn1c(=O)c2c(OCc3ccccc3)c(C(=O)NCC3CCCO3)sc2c2ccccc21. The third-order valence-electron chi connectivity index (χ3n) is 5.84. The summed E-state index contributed by atoms with van der Waals surface area (Å²) in [6.07, 6.45) is 1.99. The van der Waals surface area contributed by atoms with Crippen molar-refractivity contribution in [2.24, 2.45) is 7.05 Å². The summed E-state index contributed by atoms with van der Waals surface area (Å²) >= 11 is 1.31. The van der Waals surface area contributed by atoms with Gasteiger partial charge in [-0.25, -0.2) is 0 Å². The van der Waals surface area contributed by atoms with E-state index >= 15 is 0 Å². The van der Waals surface area contributed by atoms with E-state index in [-0.39, 0.29) is 24.2 Å². The predicted octanol–water partition coefficient (Wildman–Crippen LogP) is 4.24. The lowest BCUT2D eigenvalue weighted by molar-refractivity contribution is 0.0858. The molecular weight excluding hydrogens is 424 g/mol. The second-order valence-electron chi connectivity index (χ2n) is 7.97. The molecule has 1 aliphatic heterocycles. The van der Waals surface area contributed by atoms with Crippen LogP contribution in [-0.4, -0.2) is 29.7 Å². The predicted molar refractivity (Wildman–Crippen MR) is 127 cm³/mol. The Labute approximate surface area is 189 Å². The van der Waals surface area contributed by atoms with Crippen LogP contribution in [0.4, 0.5) is 0 Å². The molecule has 1 saturated heterocycles. The van der Waals surface area contributed by atoms with Crippen LogP contribution in [0.15, 0.2) is 59.4 Å². The Balaban J connectivity index is 1.60. The highest BCUT2D eigenvalue weighted by atomic mass is 32.1. The summed E-state index contributed by atoms with van der Waals surface area (Å²) < 4.78 is 14.2. The number of aryl methyl sites for hydroxylation is 1. The maximum absolute atomic E-state index is 13.3. The third kappa shape index (κ3) is 3.78. The topological polar surface area (TPSA) is 69.6 Å². The van der Waals surface area contributed by atoms with Crippen LogP contribution in [0.3, 0.4) is 0 Å². The number of thiophene rings is 1. The van der Waals surface area contributed by atoms with Crippen molar-refractivity contribution in [1.29, 1.82) is 0 Å². The average Bonchev–Trinajstić information content (AvgIpc) is 3.48. The van der Waals surface area contributed by atoms with Crippen LogP contribution >= 0.6 is 11.3 Å². The maximum atomic E-state index is 13.3. The lowest BCUT2D eigenvalue weighted by Crippen LogP contribution is -2.31. The van der Waals surface area contributed by atoms with Crippen molar-refractivity contribution in [3.63, 3.8) is 0 Å². The van der Waals surface area contributed by atoms with Gasteiger partial charge in [-0.05, 0) is 24.5 Å². The number of carbonyl (C=O) groups is 1. The standard InChI is InChI=1S/C25H24N2O4S/c1-27-19-12-6-5-11-18(19)22-20(25(27)29)21(31-15-16-8-3-2-4-9-16)23(32-22)24(28)26-14-17-10-7-13-30-17/h2-6,8-9,11-12,17H,7,10,13-15H2,1H3,(H,26,28). The molecule has 7 heteroatoms. The molecule has 5 rings (SSSR count). The van der Waals surface area contributed by atoms with E-state index in [0.717, 1.165) is 40.6 Å². The number of nitrogens with zero attached hydrogens (tertiary/aromatic N) is 1. The van der Waals surface area contributed by atoms with Gasteiger partial charge in [-0.15, -0.1) is 11.3 Å². The molecule has 0 radical (unpaired) electrons. The number of para-hydroxylation sites is 1. The van der Waals surface area contributed by atoms with Crippen LogP contribution < -0.4 is 15.6 Å². The smallest absolute Gasteiger partial charge is 0.265 e. The summed E-state index contributed by atoms with van der Waals surface area (Å²) in [5.74, 6) is 0.112. The molecule has 0 spiro atoms. The van der Waals surface area contributed by atoms with Crippen LogP contribution in [-0.2, 0) is 18.4 Å². The number of aromatic nitrogens is 1. The van der Waals surface area contributed by atoms with Gasteiger partial charge < -0.3 is 19.4 Å². The Morgan fingerprint density at radius 1 is 1.19 bits per heavy atom. The number of carbonyl (C=O) groups excluding carboxylic acids is 1. The normalized spacial score (nSPS) is 16.0. The molecule has 1 N–H and O–H groups in total. The van der Waals surface area contributed by atoms with E-state index in [4.69, 9.17) is 9.47 Å². The Bertz CT molecular complexity index is 1340. The Hall–Kier alpha value is -3.16. The minimum atomic E-state index is -0.240. The molecular formula is C25H24N2O4S. The van der Waals surface area contributed by atoms with Gasteiger partial charge in [-0.1, -0.05) is 48.5 Å². The van der Waals surface area contributed by atoms with E-state index in [0.29, 0.717) is 22.6 Å². The zero-order chi connectivity index (χ0) is 22.1. The van der Waals surface area contributed by atoms with Crippen LogP contribution in [0.2, 0.25) is 0 Å². The Morgan fingerprint density at radius 2 is 1.97 bits per heavy atom. The summed E-state index contributed by atoms with van der Waals surface area (Å²) in [5, 5.41) is 4.36. The summed E-state index contributed by atoms with van der Waals surface area (Å²) in [6, 6.07) is 17.5. The van der Waals surface area contributed by atoms with Crippen LogP contribution in [0.25, 0.3) is 21.0 Å². The summed E-state index contributed by atoms with van der Waals surface area (Å²) in [6.45, 7) is 1.45. The molecule has 2 aromatic carbocycles. The molecule has 4 aromatic rings. The van der Waals surface area contributed by atoms with E-state index in [2.05, 4.69) is 5.32 Å². The first kappa shape index (κ1) is 20.7. The second-order valence-corrected chi connectivity index (χ2v) is 8.99. The molecule has 164 valence electrons. The number of hydrogen-bond acceptors (Lipinski definition) is 5. The highest BCUT2D eigenvalue weighted by Gasteiger charge is 2.26. The largest absolute Gasteiger partial charge is 0.486 e. The fourth-order valence-corrected chi connectivity index (χ4v) is 5.33. The van der Waals surface area contributed by atoms with Gasteiger partial charge in [0.1, 0.15) is 16.9 Å². The molecule has 32 heavy (non-hydrogen) atoms. The average molecular weight is 449 g/mol. The Kier molecular flexibility index (Phi) is 5.68. The number of nitrogens with one attached hydrogen (secondary N) is 1. The van der Waals surface area contributed by atoms with E-state index in [1.54, 1.807) is 11.6 Å². The fraction of sp³-hybridized carbons (Fsp3) is 0.280. The lowest BCUT2D eigenvalue weighted by Gasteiger charge is -2.12. The molecule has 0 saturated carbocycles. The van der Waals surface area contributed by atoms with E-state index < -0.39 is 0 Å². The molecule has 6 nitrogen and oxygen atoms in total. The number of amides is 1. The zero-order valence-electron chi connectivity index (χ0n) is 17.8. The van der Waals surface area contributed by atoms with E-state index in [1.807, 2.05) is 54.6 Å². The van der Waals surface area contributed by atoms with Crippen molar-refractivity contribution < 1.29 is 14.3 Å². The van der Waals surface area contributed by atoms with Crippen molar-refractivity contribution >= 4 is 38.2 Å². The van der Waals surface area contributed by atoms with Gasteiger partial charge in [0.25, 0.3) is 11.5 Å². The van der Waals surface area contributed by atoms with Gasteiger partial charge in [0.2, 0.25) is 0 Å². The molecule has 1 amide bonds. The molecule has 1 aliphatic rings. The number of rotatable bonds is 6. The van der Waals surface area contributed by atoms with Gasteiger partial charge >= 0.3 is 0 Å². The van der Waals surface area contributed by atoms with Crippen molar-refractivity contribution in [3.05, 3.63) is 75.4 Å². The molecule has 0 aliphatic carbocycles. The molecule has 1 unspecified atom stereocenters. The van der Waals surface area contributed by atoms with Crippen molar-refractivity contribution in [1.82, 2.24) is 9.88 Å². The third-order valence-corrected chi connectivity index (χ3v) is 7.04. The fourth-order valence-electron chi connectivity index (χ4n) is 4.14. The first-order chi connectivity index (χ1) is 15.6. The first-order valence-electron chi connectivity index (χ1n) is 10.7. The van der Waals surface area contributed by atoms with E-state index in [1.165, 1.54) is 11.3 Å². The molecule has 0 bridgehead atoms. The zero-order valence-corrected chi connectivity index (χ0v) is 18.6. The highest BCUT2D eigenvalue weighted by Crippen LogP contribution is 2.40. The summed E-state index contributed by atoms with van der Waals surface area (Å²) in [4.78, 5) is 26.9. The van der Waals surface area contributed by atoms with Gasteiger partial charge in [-0.3, -0.25) is 9.59 Å². The molecule has 2 aromatic heterocycles. The van der Waals surface area contributed by atoms with Gasteiger partial charge in [0, 0.05) is 25.6 Å². The summed E-state index contributed by atoms with van der Waals surface area (Å²) in [5.41, 5.74) is 1.62. The number of pyridine rings is 1. The molecule has 1 atom stereocenters. The highest BCUT2D eigenvalue weighted by molar-refractivity contribution is 7.22. The van der Waals surface area contributed by atoms with E-state index in [9.17, 15) is 9.59 Å². The van der Waals surface area contributed by atoms with Gasteiger partial charge in [0.15, 0.2) is 5.75 Å². The number of benzene rings is 2. The van der Waals surface area contributed by atoms with Crippen LogP contribution in [0.5, 0.6) is 5.75 Å². The van der Waals surface area contributed by atoms with Crippen LogP contribution in [0.1, 0.15) is 28.1 Å². The number of hydrogen-bond donors (Lipinski definition) is 1. The number of fused-ring (bicyclic) bond motifs is 3. The molecule has 3 heterocycles.